The third kappa shape index (κ3) is 2.85. The van der Waals surface area contributed by atoms with Crippen molar-refractivity contribution < 1.29 is 9.53 Å². The molecule has 0 spiro atoms. The molecule has 0 bridgehead atoms. The Balaban J connectivity index is 1.51. The van der Waals surface area contributed by atoms with Gasteiger partial charge < -0.3 is 10.5 Å². The Labute approximate surface area is 121 Å². The third-order valence-corrected chi connectivity index (χ3v) is 5.13. The molecule has 2 saturated carbocycles. The van der Waals surface area contributed by atoms with Gasteiger partial charge in [-0.2, -0.15) is 0 Å². The van der Waals surface area contributed by atoms with Crippen LogP contribution in [0.15, 0.2) is 0 Å². The summed E-state index contributed by atoms with van der Waals surface area (Å²) in [7, 11) is 0. The standard InChI is InChI=1S/C15H27N3O2/c1-2-20-14(19)15(16)6-5-13(11-15)18-9-7-17(8-10-18)12-3-4-12/h12-13H,2-11,16H2,1H3. The maximum atomic E-state index is 12.0. The van der Waals surface area contributed by atoms with Crippen molar-refractivity contribution in [3.8, 4) is 0 Å². The number of nitrogens with two attached hydrogens (primary N) is 1. The van der Waals surface area contributed by atoms with Crippen LogP contribution in [0.4, 0.5) is 0 Å². The maximum absolute atomic E-state index is 12.0. The summed E-state index contributed by atoms with van der Waals surface area (Å²) in [5.41, 5.74) is 5.52. The van der Waals surface area contributed by atoms with Gasteiger partial charge in [0.2, 0.25) is 0 Å². The number of hydrogen-bond donors (Lipinski definition) is 1. The number of carbonyl (C=O) groups excluding carboxylic acids is 1. The first-order valence-corrected chi connectivity index (χ1v) is 8.06. The molecule has 2 atom stereocenters. The first-order valence-electron chi connectivity index (χ1n) is 8.06. The molecule has 1 heterocycles. The van der Waals surface area contributed by atoms with Crippen molar-refractivity contribution in [3.05, 3.63) is 0 Å². The average Bonchev–Trinajstić information content (AvgIpc) is 3.22. The van der Waals surface area contributed by atoms with Crippen molar-refractivity contribution in [2.45, 2.75) is 56.7 Å². The van der Waals surface area contributed by atoms with E-state index in [1.165, 1.54) is 25.9 Å². The van der Waals surface area contributed by atoms with Gasteiger partial charge in [0.1, 0.15) is 5.54 Å². The van der Waals surface area contributed by atoms with Crippen LogP contribution >= 0.6 is 0 Å². The highest BCUT2D eigenvalue weighted by atomic mass is 16.5. The lowest BCUT2D eigenvalue weighted by molar-refractivity contribution is -0.149. The van der Waals surface area contributed by atoms with Crippen molar-refractivity contribution in [1.82, 2.24) is 9.80 Å². The van der Waals surface area contributed by atoms with Crippen molar-refractivity contribution in [2.75, 3.05) is 32.8 Å². The second kappa shape index (κ2) is 5.62. The van der Waals surface area contributed by atoms with Gasteiger partial charge in [-0.15, -0.1) is 0 Å². The lowest BCUT2D eigenvalue weighted by atomic mass is 9.99. The number of esters is 1. The molecule has 0 aromatic heterocycles. The molecule has 20 heavy (non-hydrogen) atoms. The van der Waals surface area contributed by atoms with Crippen LogP contribution in [0.5, 0.6) is 0 Å². The van der Waals surface area contributed by atoms with E-state index in [4.69, 9.17) is 10.5 Å². The summed E-state index contributed by atoms with van der Waals surface area (Å²) in [5.74, 6) is -0.209. The molecular formula is C15H27N3O2. The summed E-state index contributed by atoms with van der Waals surface area (Å²) in [6.07, 6.45) is 5.32. The van der Waals surface area contributed by atoms with Gasteiger partial charge in [0.05, 0.1) is 6.61 Å². The summed E-state index contributed by atoms with van der Waals surface area (Å²) < 4.78 is 5.13. The number of piperazine rings is 1. The minimum Gasteiger partial charge on any atom is -0.465 e. The highest BCUT2D eigenvalue weighted by Crippen LogP contribution is 2.34. The molecule has 2 unspecified atom stereocenters. The van der Waals surface area contributed by atoms with E-state index in [9.17, 15) is 4.79 Å². The number of nitrogens with zero attached hydrogens (tertiary/aromatic N) is 2. The number of ether oxygens (including phenoxy) is 1. The first-order chi connectivity index (χ1) is 9.62. The topological polar surface area (TPSA) is 58.8 Å². The van der Waals surface area contributed by atoms with Crippen molar-refractivity contribution in [3.63, 3.8) is 0 Å². The maximum Gasteiger partial charge on any atom is 0.326 e. The van der Waals surface area contributed by atoms with Crippen LogP contribution in [0.25, 0.3) is 0 Å². The van der Waals surface area contributed by atoms with Crippen molar-refractivity contribution in [1.29, 1.82) is 0 Å². The van der Waals surface area contributed by atoms with Crippen LogP contribution in [-0.4, -0.2) is 66.2 Å². The average molecular weight is 281 g/mol. The Morgan fingerprint density at radius 1 is 1.15 bits per heavy atom. The molecule has 3 fully saturated rings. The van der Waals surface area contributed by atoms with Crippen LogP contribution in [0.3, 0.4) is 0 Å². The fraction of sp³-hybridized carbons (Fsp3) is 0.933. The highest BCUT2D eigenvalue weighted by molar-refractivity contribution is 5.81. The molecule has 0 radical (unpaired) electrons. The Morgan fingerprint density at radius 3 is 2.30 bits per heavy atom. The van der Waals surface area contributed by atoms with Gasteiger partial charge in [-0.25, -0.2) is 0 Å². The SMILES string of the molecule is CCOC(=O)C1(N)CCC(N2CCN(C3CC3)CC2)C1. The first kappa shape index (κ1) is 14.3. The molecule has 0 amide bonds. The van der Waals surface area contributed by atoms with Gasteiger partial charge in [0.15, 0.2) is 0 Å². The van der Waals surface area contributed by atoms with Gasteiger partial charge in [0.25, 0.3) is 0 Å². The van der Waals surface area contributed by atoms with E-state index in [1.54, 1.807) is 0 Å². The van der Waals surface area contributed by atoms with E-state index in [0.29, 0.717) is 12.6 Å². The molecule has 2 aliphatic carbocycles. The Kier molecular flexibility index (Phi) is 4.02. The highest BCUT2D eigenvalue weighted by Gasteiger charge is 2.45. The number of hydrogen-bond acceptors (Lipinski definition) is 5. The predicted octanol–water partition coefficient (Wildman–Crippen LogP) is 0.580. The summed E-state index contributed by atoms with van der Waals surface area (Å²) in [6.45, 7) is 6.86. The van der Waals surface area contributed by atoms with E-state index in [-0.39, 0.29) is 5.97 Å². The molecule has 3 rings (SSSR count). The Hall–Kier alpha value is -0.650. The Bertz CT molecular complexity index is 364. The van der Waals surface area contributed by atoms with Crippen LogP contribution in [-0.2, 0) is 9.53 Å². The smallest absolute Gasteiger partial charge is 0.326 e. The number of rotatable bonds is 4. The van der Waals surface area contributed by atoms with E-state index >= 15 is 0 Å². The molecule has 0 aromatic carbocycles. The van der Waals surface area contributed by atoms with Crippen LogP contribution in [0.2, 0.25) is 0 Å². The second-order valence-electron chi connectivity index (χ2n) is 6.58. The second-order valence-corrected chi connectivity index (χ2v) is 6.58. The van der Waals surface area contributed by atoms with E-state index in [1.807, 2.05) is 6.92 Å². The largest absolute Gasteiger partial charge is 0.465 e. The minimum absolute atomic E-state index is 0.209. The van der Waals surface area contributed by atoms with Crippen LogP contribution < -0.4 is 5.73 Å². The summed E-state index contributed by atoms with van der Waals surface area (Å²) >= 11 is 0. The molecule has 5 nitrogen and oxygen atoms in total. The fourth-order valence-electron chi connectivity index (χ4n) is 3.73. The summed E-state index contributed by atoms with van der Waals surface area (Å²) in [4.78, 5) is 17.1. The Morgan fingerprint density at radius 2 is 1.75 bits per heavy atom. The third-order valence-electron chi connectivity index (χ3n) is 5.13. The van der Waals surface area contributed by atoms with Gasteiger partial charge in [-0.05, 0) is 39.0 Å². The fourth-order valence-corrected chi connectivity index (χ4v) is 3.73. The quantitative estimate of drug-likeness (QED) is 0.764. The molecular weight excluding hydrogens is 254 g/mol. The summed E-state index contributed by atoms with van der Waals surface area (Å²) in [5, 5.41) is 0. The molecule has 114 valence electrons. The zero-order chi connectivity index (χ0) is 14.2. The normalized spacial score (nSPS) is 36.2. The van der Waals surface area contributed by atoms with E-state index < -0.39 is 5.54 Å². The molecule has 3 aliphatic rings. The van der Waals surface area contributed by atoms with Crippen molar-refractivity contribution in [2.24, 2.45) is 5.73 Å². The predicted molar refractivity (Wildman–Crippen MR) is 77.4 cm³/mol. The van der Waals surface area contributed by atoms with Crippen LogP contribution in [0.1, 0.15) is 39.0 Å². The monoisotopic (exact) mass is 281 g/mol. The van der Waals surface area contributed by atoms with Crippen LogP contribution in [0, 0.1) is 0 Å². The summed E-state index contributed by atoms with van der Waals surface area (Å²) in [6, 6.07) is 1.33. The lowest BCUT2D eigenvalue weighted by Gasteiger charge is -2.38. The van der Waals surface area contributed by atoms with Gasteiger partial charge in [-0.3, -0.25) is 14.6 Å². The zero-order valence-corrected chi connectivity index (χ0v) is 12.5. The van der Waals surface area contributed by atoms with E-state index in [0.717, 1.165) is 38.4 Å². The molecule has 1 aliphatic heterocycles. The van der Waals surface area contributed by atoms with E-state index in [2.05, 4.69) is 9.80 Å². The number of carbonyl (C=O) groups is 1. The lowest BCUT2D eigenvalue weighted by Crippen LogP contribution is -2.52. The minimum atomic E-state index is -0.742. The van der Waals surface area contributed by atoms with Gasteiger partial charge >= 0.3 is 5.97 Å². The molecule has 2 N–H and O–H groups in total. The zero-order valence-electron chi connectivity index (χ0n) is 12.5. The molecule has 0 aromatic rings. The van der Waals surface area contributed by atoms with Gasteiger partial charge in [-0.1, -0.05) is 0 Å². The van der Waals surface area contributed by atoms with Gasteiger partial charge in [0, 0.05) is 38.3 Å². The molecule has 1 saturated heterocycles. The molecule has 5 heteroatoms. The van der Waals surface area contributed by atoms with Crippen molar-refractivity contribution >= 4 is 5.97 Å².